The normalized spacial score (nSPS) is 19.7. The van der Waals surface area contributed by atoms with Crippen LogP contribution in [0.3, 0.4) is 0 Å². The lowest BCUT2D eigenvalue weighted by Gasteiger charge is -2.11. The first-order valence-corrected chi connectivity index (χ1v) is 5.87. The molecule has 0 N–H and O–H groups in total. The Morgan fingerprint density at radius 1 is 1.61 bits per heavy atom. The van der Waals surface area contributed by atoms with E-state index in [1.807, 2.05) is 13.8 Å². The number of esters is 1. The van der Waals surface area contributed by atoms with Crippen LogP contribution in [0.4, 0.5) is 5.88 Å². The zero-order chi connectivity index (χ0) is 13.3. The first kappa shape index (κ1) is 12.6. The van der Waals surface area contributed by atoms with Gasteiger partial charge in [0.2, 0.25) is 11.8 Å². The summed E-state index contributed by atoms with van der Waals surface area (Å²) in [4.78, 5) is 24.7. The second kappa shape index (κ2) is 4.80. The molecule has 98 valence electrons. The molecule has 0 saturated carbocycles. The summed E-state index contributed by atoms with van der Waals surface area (Å²) in [6, 6.07) is 1.74. The van der Waals surface area contributed by atoms with Gasteiger partial charge in [0, 0.05) is 19.0 Å². The summed E-state index contributed by atoms with van der Waals surface area (Å²) in [7, 11) is 1.32. The van der Waals surface area contributed by atoms with Crippen LogP contribution < -0.4 is 4.90 Å². The van der Waals surface area contributed by atoms with E-state index in [1.54, 1.807) is 6.07 Å². The van der Waals surface area contributed by atoms with Gasteiger partial charge in [-0.15, -0.1) is 0 Å². The third-order valence-electron chi connectivity index (χ3n) is 3.03. The number of nitrogens with zero attached hydrogens (tertiary/aromatic N) is 2. The summed E-state index contributed by atoms with van der Waals surface area (Å²) in [5, 5.41) is 3.90. The molecule has 6 heteroatoms. The highest BCUT2D eigenvalue weighted by molar-refractivity contribution is 5.98. The predicted molar refractivity (Wildman–Crippen MR) is 63.1 cm³/mol. The number of carbonyl (C=O) groups excluding carboxylic acids is 2. The van der Waals surface area contributed by atoms with Gasteiger partial charge in [0.05, 0.1) is 18.7 Å². The van der Waals surface area contributed by atoms with Gasteiger partial charge < -0.3 is 9.26 Å². The van der Waals surface area contributed by atoms with Crippen molar-refractivity contribution < 1.29 is 18.8 Å². The fourth-order valence-corrected chi connectivity index (χ4v) is 1.92. The van der Waals surface area contributed by atoms with Crippen molar-refractivity contribution in [2.24, 2.45) is 5.92 Å². The minimum atomic E-state index is -0.421. The molecule has 0 spiro atoms. The van der Waals surface area contributed by atoms with Gasteiger partial charge in [-0.3, -0.25) is 14.5 Å². The number of carbonyl (C=O) groups is 2. The molecule has 0 bridgehead atoms. The van der Waals surface area contributed by atoms with E-state index in [1.165, 1.54) is 12.0 Å². The van der Waals surface area contributed by atoms with Gasteiger partial charge in [0.15, 0.2) is 0 Å². The van der Waals surface area contributed by atoms with Crippen LogP contribution in [0.25, 0.3) is 0 Å². The lowest BCUT2D eigenvalue weighted by atomic mass is 10.1. The Balaban J connectivity index is 2.14. The average molecular weight is 252 g/mol. The fourth-order valence-electron chi connectivity index (χ4n) is 1.92. The van der Waals surface area contributed by atoms with E-state index < -0.39 is 5.92 Å². The van der Waals surface area contributed by atoms with E-state index in [2.05, 4.69) is 9.89 Å². The van der Waals surface area contributed by atoms with Crippen molar-refractivity contribution in [2.75, 3.05) is 18.6 Å². The SMILES string of the molecule is COC(=O)C1CC(=O)N(c2cc(C(C)C)no2)C1. The minimum absolute atomic E-state index is 0.142. The van der Waals surface area contributed by atoms with Crippen LogP contribution in [0.2, 0.25) is 0 Å². The first-order chi connectivity index (χ1) is 8.52. The average Bonchev–Trinajstić information content (AvgIpc) is 2.94. The van der Waals surface area contributed by atoms with Crippen LogP contribution in [0.1, 0.15) is 31.9 Å². The van der Waals surface area contributed by atoms with Crippen LogP contribution in [-0.2, 0) is 14.3 Å². The Kier molecular flexibility index (Phi) is 3.36. The van der Waals surface area contributed by atoms with Crippen LogP contribution in [0.15, 0.2) is 10.6 Å². The second-order valence-electron chi connectivity index (χ2n) is 4.67. The van der Waals surface area contributed by atoms with Crippen LogP contribution in [0.5, 0.6) is 0 Å². The Morgan fingerprint density at radius 2 is 2.33 bits per heavy atom. The van der Waals surface area contributed by atoms with Gasteiger partial charge in [0.1, 0.15) is 0 Å². The van der Waals surface area contributed by atoms with Gasteiger partial charge in [-0.05, 0) is 5.92 Å². The number of rotatable bonds is 3. The molecule has 0 aliphatic carbocycles. The molecule has 1 fully saturated rings. The quantitative estimate of drug-likeness (QED) is 0.759. The van der Waals surface area contributed by atoms with Crippen molar-refractivity contribution in [2.45, 2.75) is 26.2 Å². The van der Waals surface area contributed by atoms with Crippen molar-refractivity contribution >= 4 is 17.8 Å². The highest BCUT2D eigenvalue weighted by Gasteiger charge is 2.37. The van der Waals surface area contributed by atoms with Crippen LogP contribution in [-0.4, -0.2) is 30.7 Å². The monoisotopic (exact) mass is 252 g/mol. The van der Waals surface area contributed by atoms with E-state index in [4.69, 9.17) is 4.52 Å². The molecule has 1 atom stereocenters. The maximum atomic E-state index is 11.8. The standard InChI is InChI=1S/C12H16N2O4/c1-7(2)9-5-11(18-13-9)14-6-8(4-10(14)15)12(16)17-3/h5,7-8H,4,6H2,1-3H3. The number of aromatic nitrogens is 1. The van der Waals surface area contributed by atoms with Crippen molar-refractivity contribution in [1.29, 1.82) is 0 Å². The largest absolute Gasteiger partial charge is 0.469 e. The molecule has 1 aromatic heterocycles. The molecule has 18 heavy (non-hydrogen) atoms. The van der Waals surface area contributed by atoms with Crippen molar-refractivity contribution in [1.82, 2.24) is 5.16 Å². The maximum Gasteiger partial charge on any atom is 0.311 e. The molecule has 2 rings (SSSR count). The van der Waals surface area contributed by atoms with Gasteiger partial charge in [-0.1, -0.05) is 19.0 Å². The predicted octanol–water partition coefficient (Wildman–Crippen LogP) is 1.32. The molecule has 1 aliphatic rings. The molecule has 6 nitrogen and oxygen atoms in total. The lowest BCUT2D eigenvalue weighted by molar-refractivity contribution is -0.145. The van der Waals surface area contributed by atoms with Gasteiger partial charge >= 0.3 is 5.97 Å². The molecular weight excluding hydrogens is 236 g/mol. The molecule has 1 unspecified atom stereocenters. The molecule has 0 aromatic carbocycles. The third kappa shape index (κ3) is 2.23. The van der Waals surface area contributed by atoms with E-state index >= 15 is 0 Å². The summed E-state index contributed by atoms with van der Waals surface area (Å²) < 4.78 is 9.79. The number of hydrogen-bond donors (Lipinski definition) is 0. The molecule has 1 amide bonds. The molecule has 1 aromatic rings. The van der Waals surface area contributed by atoms with E-state index in [9.17, 15) is 9.59 Å². The maximum absolute atomic E-state index is 11.8. The van der Waals surface area contributed by atoms with Gasteiger partial charge in [-0.2, -0.15) is 0 Å². The van der Waals surface area contributed by atoms with E-state index in [-0.39, 0.29) is 30.8 Å². The Morgan fingerprint density at radius 3 is 2.89 bits per heavy atom. The van der Waals surface area contributed by atoms with E-state index in [0.717, 1.165) is 5.69 Å². The number of anilines is 1. The molecule has 2 heterocycles. The fraction of sp³-hybridized carbons (Fsp3) is 0.583. The lowest BCUT2D eigenvalue weighted by Crippen LogP contribution is -2.25. The summed E-state index contributed by atoms with van der Waals surface area (Å²) in [5.74, 6) is -0.298. The number of amides is 1. The molecular formula is C12H16N2O4. The summed E-state index contributed by atoms with van der Waals surface area (Å²) in [5.41, 5.74) is 0.791. The smallest absolute Gasteiger partial charge is 0.311 e. The Hall–Kier alpha value is -1.85. The molecule has 1 saturated heterocycles. The van der Waals surface area contributed by atoms with E-state index in [0.29, 0.717) is 5.88 Å². The topological polar surface area (TPSA) is 72.6 Å². The summed E-state index contributed by atoms with van der Waals surface area (Å²) in [6.45, 7) is 4.27. The van der Waals surface area contributed by atoms with Crippen LogP contribution >= 0.6 is 0 Å². The number of hydrogen-bond acceptors (Lipinski definition) is 5. The summed E-state index contributed by atoms with van der Waals surface area (Å²) >= 11 is 0. The second-order valence-corrected chi connectivity index (χ2v) is 4.67. The molecule has 0 radical (unpaired) electrons. The minimum Gasteiger partial charge on any atom is -0.469 e. The van der Waals surface area contributed by atoms with Gasteiger partial charge in [-0.25, -0.2) is 0 Å². The zero-order valence-electron chi connectivity index (χ0n) is 10.7. The van der Waals surface area contributed by atoms with Gasteiger partial charge in [0.25, 0.3) is 0 Å². The zero-order valence-corrected chi connectivity index (χ0v) is 10.7. The Bertz CT molecular complexity index is 466. The highest BCUT2D eigenvalue weighted by atomic mass is 16.5. The Labute approximate surface area is 105 Å². The molecule has 1 aliphatic heterocycles. The van der Waals surface area contributed by atoms with Crippen molar-refractivity contribution in [3.63, 3.8) is 0 Å². The third-order valence-corrected chi connectivity index (χ3v) is 3.03. The van der Waals surface area contributed by atoms with Crippen molar-refractivity contribution in [3.8, 4) is 0 Å². The number of methoxy groups -OCH3 is 1. The van der Waals surface area contributed by atoms with Crippen LogP contribution in [0, 0.1) is 5.92 Å². The first-order valence-electron chi connectivity index (χ1n) is 5.87. The highest BCUT2D eigenvalue weighted by Crippen LogP contribution is 2.28. The summed E-state index contributed by atoms with van der Waals surface area (Å²) in [6.07, 6.45) is 0.157. The van der Waals surface area contributed by atoms with Crippen molar-refractivity contribution in [3.05, 3.63) is 11.8 Å². The number of ether oxygens (including phenoxy) is 1.